The van der Waals surface area contributed by atoms with Crippen LogP contribution >= 0.6 is 11.6 Å². The van der Waals surface area contributed by atoms with Crippen LogP contribution in [-0.2, 0) is 4.74 Å². The van der Waals surface area contributed by atoms with Gasteiger partial charge in [-0.05, 0) is 37.3 Å². The molecule has 0 spiro atoms. The molecule has 4 heterocycles. The molecule has 1 N–H and O–H groups in total. The monoisotopic (exact) mass is 483 g/mol. The van der Waals surface area contributed by atoms with E-state index in [4.69, 9.17) is 21.4 Å². The van der Waals surface area contributed by atoms with Crippen LogP contribution in [0.5, 0.6) is 0 Å². The molecule has 0 saturated carbocycles. The zero-order chi connectivity index (χ0) is 23.5. The van der Waals surface area contributed by atoms with E-state index < -0.39 is 0 Å². The first-order valence-corrected chi connectivity index (χ1v) is 12.2. The van der Waals surface area contributed by atoms with Crippen molar-refractivity contribution >= 4 is 34.4 Å². The molecule has 0 radical (unpaired) electrons. The molecule has 5 rings (SSSR count). The van der Waals surface area contributed by atoms with Gasteiger partial charge < -0.3 is 19.9 Å². The van der Waals surface area contributed by atoms with Gasteiger partial charge in [0.25, 0.3) is 0 Å². The van der Waals surface area contributed by atoms with Gasteiger partial charge in [-0.2, -0.15) is 0 Å². The van der Waals surface area contributed by atoms with Crippen molar-refractivity contribution in [2.75, 3.05) is 63.9 Å². The van der Waals surface area contributed by atoms with E-state index in [9.17, 15) is 4.79 Å². The summed E-state index contributed by atoms with van der Waals surface area (Å²) in [5.41, 5.74) is 1.91. The molecule has 1 atom stereocenters. The number of halogens is 1. The van der Waals surface area contributed by atoms with E-state index in [1.54, 1.807) is 0 Å². The highest BCUT2D eigenvalue weighted by Gasteiger charge is 2.28. The van der Waals surface area contributed by atoms with Crippen molar-refractivity contribution in [2.45, 2.75) is 13.0 Å². The fourth-order valence-corrected chi connectivity index (χ4v) is 4.79. The first-order chi connectivity index (χ1) is 16.6. The second-order valence-corrected chi connectivity index (χ2v) is 9.10. The zero-order valence-corrected chi connectivity index (χ0v) is 20.1. The third-order valence-electron chi connectivity index (χ3n) is 6.42. The van der Waals surface area contributed by atoms with Gasteiger partial charge >= 0.3 is 6.03 Å². The number of ether oxygens (including phenoxy) is 1. The summed E-state index contributed by atoms with van der Waals surface area (Å²) < 4.78 is 8.05. The number of nitrogens with zero attached hydrogens (tertiary/aromatic N) is 6. The maximum absolute atomic E-state index is 12.1. The molecule has 1 aromatic carbocycles. The molecule has 0 bridgehead atoms. The first kappa shape index (κ1) is 22.9. The normalized spacial score (nSPS) is 19.5. The van der Waals surface area contributed by atoms with Crippen molar-refractivity contribution in [3.8, 4) is 5.69 Å². The summed E-state index contributed by atoms with van der Waals surface area (Å²) in [4.78, 5) is 23.0. The minimum absolute atomic E-state index is 0.0277. The molecule has 2 aromatic heterocycles. The highest BCUT2D eigenvalue weighted by molar-refractivity contribution is 6.30. The Bertz CT molecular complexity index is 1130. The fourth-order valence-electron chi connectivity index (χ4n) is 4.67. The van der Waals surface area contributed by atoms with E-state index in [0.29, 0.717) is 18.2 Å². The molecule has 1 unspecified atom stereocenters. The number of hydrogen-bond donors (Lipinski definition) is 1. The maximum atomic E-state index is 12.1. The molecular formula is C24H30ClN7O2. The Morgan fingerprint density at radius 1 is 1.15 bits per heavy atom. The van der Waals surface area contributed by atoms with Gasteiger partial charge in [0.1, 0.15) is 0 Å². The van der Waals surface area contributed by atoms with Crippen LogP contribution in [0.25, 0.3) is 16.6 Å². The first-order valence-electron chi connectivity index (χ1n) is 11.8. The number of carbonyl (C=O) groups is 1. The summed E-state index contributed by atoms with van der Waals surface area (Å²) in [5.74, 6) is 0.946. The Hall–Kier alpha value is -2.88. The second-order valence-electron chi connectivity index (χ2n) is 8.67. The lowest BCUT2D eigenvalue weighted by atomic mass is 10.2. The minimum atomic E-state index is 0.0277. The number of aromatic nitrogens is 3. The number of amides is 2. The Morgan fingerprint density at radius 2 is 1.94 bits per heavy atom. The SMILES string of the molecule is CCNC(=O)N1CCN(CC2CN(c3nn(-c4ccc(Cl)cc4)c4cnccc34)CCO2)CC1. The minimum Gasteiger partial charge on any atom is -0.373 e. The summed E-state index contributed by atoms with van der Waals surface area (Å²) in [6, 6.07) is 9.73. The number of benzene rings is 1. The van der Waals surface area contributed by atoms with E-state index >= 15 is 0 Å². The van der Waals surface area contributed by atoms with Crippen LogP contribution < -0.4 is 10.2 Å². The lowest BCUT2D eigenvalue weighted by molar-refractivity contribution is 0.00762. The number of urea groups is 1. The molecule has 2 saturated heterocycles. The Balaban J connectivity index is 1.28. The van der Waals surface area contributed by atoms with Gasteiger partial charge in [-0.15, -0.1) is 5.10 Å². The Labute approximate surface area is 204 Å². The van der Waals surface area contributed by atoms with Crippen molar-refractivity contribution < 1.29 is 9.53 Å². The average molecular weight is 484 g/mol. The van der Waals surface area contributed by atoms with Crippen molar-refractivity contribution in [2.24, 2.45) is 0 Å². The van der Waals surface area contributed by atoms with E-state index in [2.05, 4.69) is 20.1 Å². The van der Waals surface area contributed by atoms with Gasteiger partial charge in [-0.3, -0.25) is 9.88 Å². The molecule has 34 heavy (non-hydrogen) atoms. The van der Waals surface area contributed by atoms with Gasteiger partial charge in [-0.25, -0.2) is 9.48 Å². The third kappa shape index (κ3) is 4.82. The largest absolute Gasteiger partial charge is 0.373 e. The number of piperazine rings is 1. The number of pyridine rings is 1. The molecule has 2 fully saturated rings. The number of anilines is 1. The van der Waals surface area contributed by atoms with Gasteiger partial charge in [0.2, 0.25) is 0 Å². The van der Waals surface area contributed by atoms with Gasteiger partial charge in [0, 0.05) is 69.0 Å². The smallest absolute Gasteiger partial charge is 0.317 e. The second kappa shape index (κ2) is 10.2. The number of nitrogens with one attached hydrogen (secondary N) is 1. The van der Waals surface area contributed by atoms with Crippen LogP contribution in [-0.4, -0.2) is 95.7 Å². The molecule has 3 aromatic rings. The number of rotatable bonds is 5. The van der Waals surface area contributed by atoms with Gasteiger partial charge in [-0.1, -0.05) is 11.6 Å². The van der Waals surface area contributed by atoms with E-state index in [-0.39, 0.29) is 12.1 Å². The van der Waals surface area contributed by atoms with Crippen LogP contribution in [0, 0.1) is 0 Å². The fraction of sp³-hybridized carbons (Fsp3) is 0.458. The highest BCUT2D eigenvalue weighted by atomic mass is 35.5. The van der Waals surface area contributed by atoms with Gasteiger partial charge in [0.05, 0.1) is 30.1 Å². The summed E-state index contributed by atoms with van der Waals surface area (Å²) in [6.45, 7) is 8.86. The molecule has 180 valence electrons. The molecule has 2 aliphatic heterocycles. The van der Waals surface area contributed by atoms with Crippen molar-refractivity contribution in [3.05, 3.63) is 47.7 Å². The van der Waals surface area contributed by atoms with Crippen LogP contribution in [0.2, 0.25) is 5.02 Å². The van der Waals surface area contributed by atoms with Crippen molar-refractivity contribution in [1.29, 1.82) is 0 Å². The third-order valence-corrected chi connectivity index (χ3v) is 6.67. The predicted octanol–water partition coefficient (Wildman–Crippen LogP) is 2.63. The molecule has 2 aliphatic rings. The Kier molecular flexibility index (Phi) is 6.85. The Morgan fingerprint density at radius 3 is 2.71 bits per heavy atom. The van der Waals surface area contributed by atoms with E-state index in [1.165, 1.54) is 0 Å². The quantitative estimate of drug-likeness (QED) is 0.601. The maximum Gasteiger partial charge on any atom is 0.317 e. The number of carbonyl (C=O) groups excluding carboxylic acids is 1. The van der Waals surface area contributed by atoms with E-state index in [1.807, 2.05) is 59.2 Å². The molecular weight excluding hydrogens is 454 g/mol. The molecule has 9 nitrogen and oxygen atoms in total. The van der Waals surface area contributed by atoms with Crippen LogP contribution in [0.3, 0.4) is 0 Å². The topological polar surface area (TPSA) is 78.8 Å². The van der Waals surface area contributed by atoms with Crippen molar-refractivity contribution in [3.63, 3.8) is 0 Å². The molecule has 2 amide bonds. The van der Waals surface area contributed by atoms with Crippen LogP contribution in [0.15, 0.2) is 42.7 Å². The summed E-state index contributed by atoms with van der Waals surface area (Å²) in [5, 5.41) is 9.63. The standard InChI is InChI=1S/C24H30ClN7O2/c1-2-27-24(33)30-11-9-29(10-12-30)16-20-17-31(13-14-34-20)23-21-7-8-26-15-22(21)32(28-23)19-5-3-18(25)4-6-19/h3-8,15,20H,2,9-14,16-17H2,1H3,(H,27,33). The molecule has 10 heteroatoms. The number of morpholine rings is 1. The zero-order valence-electron chi connectivity index (χ0n) is 19.4. The summed E-state index contributed by atoms with van der Waals surface area (Å²) >= 11 is 6.09. The van der Waals surface area contributed by atoms with Crippen molar-refractivity contribution in [1.82, 2.24) is 29.9 Å². The average Bonchev–Trinajstić information content (AvgIpc) is 3.25. The summed E-state index contributed by atoms with van der Waals surface area (Å²) in [6.07, 6.45) is 3.75. The van der Waals surface area contributed by atoms with Gasteiger partial charge in [0.15, 0.2) is 5.82 Å². The molecule has 0 aliphatic carbocycles. The summed E-state index contributed by atoms with van der Waals surface area (Å²) in [7, 11) is 0. The van der Waals surface area contributed by atoms with Crippen LogP contribution in [0.1, 0.15) is 6.92 Å². The van der Waals surface area contributed by atoms with Crippen LogP contribution in [0.4, 0.5) is 10.6 Å². The van der Waals surface area contributed by atoms with E-state index in [0.717, 1.165) is 68.2 Å². The highest BCUT2D eigenvalue weighted by Crippen LogP contribution is 2.29. The number of fused-ring (bicyclic) bond motifs is 1. The number of hydrogen-bond acceptors (Lipinski definition) is 6. The lowest BCUT2D eigenvalue weighted by Gasteiger charge is -2.39. The lowest BCUT2D eigenvalue weighted by Crippen LogP contribution is -2.55. The predicted molar refractivity (Wildman–Crippen MR) is 133 cm³/mol.